The fraction of sp³-hybridized carbons (Fsp3) is 0. The largest absolute Gasteiger partial charge is 0.305 e. The van der Waals surface area contributed by atoms with E-state index in [1.165, 1.54) is 6.20 Å². The van der Waals surface area contributed by atoms with Gasteiger partial charge in [-0.05, 0) is 40.2 Å². The first-order chi connectivity index (χ1) is 8.69. The maximum absolute atomic E-state index is 11.8. The molecule has 2 rings (SSSR count). The average molecular weight is 303 g/mol. The maximum atomic E-state index is 11.8. The van der Waals surface area contributed by atoms with Crippen LogP contribution in [-0.2, 0) is 0 Å². The zero-order valence-corrected chi connectivity index (χ0v) is 10.7. The number of nitrogens with one attached hydrogen (secondary N) is 1. The fourth-order valence-corrected chi connectivity index (χ4v) is 1.59. The van der Waals surface area contributed by atoms with Gasteiger partial charge in [0.25, 0.3) is 5.91 Å². The molecule has 0 fully saturated rings. The summed E-state index contributed by atoms with van der Waals surface area (Å²) in [5, 5.41) is 11.2. The third-order valence-electron chi connectivity index (χ3n) is 2.08. The number of amides is 1. The molecule has 2 aromatic heterocycles. The Morgan fingerprint density at radius 2 is 2.17 bits per heavy atom. The molecule has 18 heavy (non-hydrogen) atoms. The number of halogens is 1. The van der Waals surface area contributed by atoms with Crippen molar-refractivity contribution in [2.24, 2.45) is 0 Å². The lowest BCUT2D eigenvalue weighted by Gasteiger charge is -2.03. The predicted molar refractivity (Wildman–Crippen MR) is 68.8 cm³/mol. The first-order valence-electron chi connectivity index (χ1n) is 4.99. The molecule has 5 nitrogen and oxygen atoms in total. The second-order valence-corrected chi connectivity index (χ2v) is 4.16. The van der Waals surface area contributed by atoms with Crippen LogP contribution in [0.3, 0.4) is 0 Å². The van der Waals surface area contributed by atoms with Crippen molar-refractivity contribution >= 4 is 27.7 Å². The van der Waals surface area contributed by atoms with Gasteiger partial charge in [-0.3, -0.25) is 4.79 Å². The van der Waals surface area contributed by atoms with Gasteiger partial charge in [0, 0.05) is 6.20 Å². The molecule has 0 aliphatic heterocycles. The van der Waals surface area contributed by atoms with Gasteiger partial charge in [0.05, 0.1) is 5.56 Å². The van der Waals surface area contributed by atoms with Crippen LogP contribution in [0.15, 0.2) is 41.1 Å². The Morgan fingerprint density at radius 1 is 1.33 bits per heavy atom. The van der Waals surface area contributed by atoms with Gasteiger partial charge in [0.2, 0.25) is 0 Å². The molecule has 0 unspecified atom stereocenters. The smallest absolute Gasteiger partial charge is 0.275 e. The Kier molecular flexibility index (Phi) is 3.65. The molecule has 1 amide bonds. The minimum atomic E-state index is -0.353. The van der Waals surface area contributed by atoms with Crippen molar-refractivity contribution < 1.29 is 4.79 Å². The number of carbonyl (C=O) groups excluding carboxylic acids is 1. The molecular weight excluding hydrogens is 296 g/mol. The zero-order valence-electron chi connectivity index (χ0n) is 9.09. The Morgan fingerprint density at radius 3 is 2.78 bits per heavy atom. The molecule has 0 radical (unpaired) electrons. The summed E-state index contributed by atoms with van der Waals surface area (Å²) in [4.78, 5) is 19.8. The quantitative estimate of drug-likeness (QED) is 0.864. The normalized spacial score (nSPS) is 9.56. The highest BCUT2D eigenvalue weighted by molar-refractivity contribution is 9.10. The fourth-order valence-electron chi connectivity index (χ4n) is 1.25. The van der Waals surface area contributed by atoms with Crippen LogP contribution < -0.4 is 5.32 Å². The summed E-state index contributed by atoms with van der Waals surface area (Å²) in [6.07, 6.45) is 1.39. The van der Waals surface area contributed by atoms with Gasteiger partial charge in [-0.25, -0.2) is 9.97 Å². The minimum absolute atomic E-state index is 0.288. The van der Waals surface area contributed by atoms with E-state index in [2.05, 4.69) is 31.2 Å². The van der Waals surface area contributed by atoms with Crippen LogP contribution >= 0.6 is 15.9 Å². The van der Waals surface area contributed by atoms with E-state index in [-0.39, 0.29) is 11.6 Å². The second kappa shape index (κ2) is 5.38. The van der Waals surface area contributed by atoms with E-state index in [1.807, 2.05) is 6.07 Å². The van der Waals surface area contributed by atoms with Crippen LogP contribution in [-0.4, -0.2) is 15.9 Å². The molecular formula is C12H7BrN4O. The molecule has 0 spiro atoms. The van der Waals surface area contributed by atoms with Gasteiger partial charge in [-0.15, -0.1) is 0 Å². The minimum Gasteiger partial charge on any atom is -0.305 e. The SMILES string of the molecule is N#Cc1ccc(NC(=O)c2cccc(Br)n2)nc1. The summed E-state index contributed by atoms with van der Waals surface area (Å²) < 4.78 is 0.586. The molecule has 6 heteroatoms. The number of aromatic nitrogens is 2. The van der Waals surface area contributed by atoms with E-state index in [0.29, 0.717) is 16.0 Å². The molecule has 0 atom stereocenters. The van der Waals surface area contributed by atoms with Crippen LogP contribution in [0.2, 0.25) is 0 Å². The van der Waals surface area contributed by atoms with Gasteiger partial charge in [-0.1, -0.05) is 6.07 Å². The van der Waals surface area contributed by atoms with E-state index in [0.717, 1.165) is 0 Å². The molecule has 2 aromatic rings. The van der Waals surface area contributed by atoms with Crippen LogP contribution in [0.4, 0.5) is 5.82 Å². The number of anilines is 1. The highest BCUT2D eigenvalue weighted by Gasteiger charge is 2.08. The van der Waals surface area contributed by atoms with E-state index in [1.54, 1.807) is 30.3 Å². The summed E-state index contributed by atoms with van der Waals surface area (Å²) in [5.41, 5.74) is 0.726. The number of nitrogens with zero attached hydrogens (tertiary/aromatic N) is 3. The van der Waals surface area contributed by atoms with Crippen LogP contribution in [0.5, 0.6) is 0 Å². The van der Waals surface area contributed by atoms with Crippen LogP contribution in [0.25, 0.3) is 0 Å². The Hall–Kier alpha value is -2.26. The maximum Gasteiger partial charge on any atom is 0.275 e. The third kappa shape index (κ3) is 2.90. The van der Waals surface area contributed by atoms with Crippen molar-refractivity contribution in [1.82, 2.24) is 9.97 Å². The number of nitriles is 1. The second-order valence-electron chi connectivity index (χ2n) is 3.34. The number of hydrogen-bond donors (Lipinski definition) is 1. The number of carbonyl (C=O) groups is 1. The van der Waals surface area contributed by atoms with E-state index < -0.39 is 0 Å². The number of rotatable bonds is 2. The Labute approximate surface area is 112 Å². The van der Waals surface area contributed by atoms with Crippen molar-refractivity contribution in [3.63, 3.8) is 0 Å². The van der Waals surface area contributed by atoms with Crippen molar-refractivity contribution in [1.29, 1.82) is 5.26 Å². The van der Waals surface area contributed by atoms with Gasteiger partial charge >= 0.3 is 0 Å². The van der Waals surface area contributed by atoms with E-state index >= 15 is 0 Å². The van der Waals surface area contributed by atoms with E-state index in [4.69, 9.17) is 5.26 Å². The number of hydrogen-bond acceptors (Lipinski definition) is 4. The summed E-state index contributed by atoms with van der Waals surface area (Å²) in [5.74, 6) is 0.0225. The first kappa shape index (κ1) is 12.2. The van der Waals surface area contributed by atoms with Crippen molar-refractivity contribution in [3.8, 4) is 6.07 Å². The molecule has 0 saturated carbocycles. The molecule has 2 heterocycles. The highest BCUT2D eigenvalue weighted by Crippen LogP contribution is 2.09. The van der Waals surface area contributed by atoms with Crippen LogP contribution in [0, 0.1) is 11.3 Å². The molecule has 88 valence electrons. The summed E-state index contributed by atoms with van der Waals surface area (Å²) in [6.45, 7) is 0. The molecule has 0 aliphatic rings. The zero-order chi connectivity index (χ0) is 13.0. The van der Waals surface area contributed by atoms with Gasteiger partial charge in [-0.2, -0.15) is 5.26 Å². The lowest BCUT2D eigenvalue weighted by molar-refractivity contribution is 0.102. The van der Waals surface area contributed by atoms with Crippen molar-refractivity contribution in [2.75, 3.05) is 5.32 Å². The van der Waals surface area contributed by atoms with Gasteiger partial charge in [0.1, 0.15) is 22.2 Å². The topological polar surface area (TPSA) is 78.7 Å². The van der Waals surface area contributed by atoms with E-state index in [9.17, 15) is 4.79 Å². The standard InChI is InChI=1S/C12H7BrN4O/c13-10-3-1-2-9(16-10)12(18)17-11-5-4-8(6-14)7-15-11/h1-5,7H,(H,15,17,18). The summed E-state index contributed by atoms with van der Waals surface area (Å²) in [7, 11) is 0. The lowest BCUT2D eigenvalue weighted by atomic mass is 10.3. The first-order valence-corrected chi connectivity index (χ1v) is 5.78. The Bertz CT molecular complexity index is 619. The number of pyridine rings is 2. The van der Waals surface area contributed by atoms with Crippen molar-refractivity contribution in [3.05, 3.63) is 52.4 Å². The monoisotopic (exact) mass is 302 g/mol. The lowest BCUT2D eigenvalue weighted by Crippen LogP contribution is -2.14. The summed E-state index contributed by atoms with van der Waals surface area (Å²) in [6, 6.07) is 10.2. The highest BCUT2D eigenvalue weighted by atomic mass is 79.9. The molecule has 0 bridgehead atoms. The molecule has 0 saturated heterocycles. The van der Waals surface area contributed by atoms with Gasteiger partial charge in [0.15, 0.2) is 0 Å². The third-order valence-corrected chi connectivity index (χ3v) is 2.52. The predicted octanol–water partition coefficient (Wildman–Crippen LogP) is 2.36. The molecule has 0 aliphatic carbocycles. The molecule has 0 aromatic carbocycles. The Balaban J connectivity index is 2.14. The van der Waals surface area contributed by atoms with Crippen LogP contribution in [0.1, 0.15) is 16.1 Å². The summed E-state index contributed by atoms with van der Waals surface area (Å²) >= 11 is 3.19. The molecule has 1 N–H and O–H groups in total. The van der Waals surface area contributed by atoms with Crippen molar-refractivity contribution in [2.45, 2.75) is 0 Å². The average Bonchev–Trinajstić information content (AvgIpc) is 2.39. The van der Waals surface area contributed by atoms with Gasteiger partial charge < -0.3 is 5.32 Å².